The molecule has 0 aliphatic carbocycles. The molecule has 0 bridgehead atoms. The Morgan fingerprint density at radius 3 is 2.56 bits per heavy atom. The molecule has 0 aliphatic heterocycles. The van der Waals surface area contributed by atoms with Crippen LogP contribution < -0.4 is 10.2 Å². The topological polar surface area (TPSA) is 18.5 Å². The molecule has 90 valence electrons. The van der Waals surface area contributed by atoms with E-state index in [2.05, 4.69) is 0 Å². The summed E-state index contributed by atoms with van der Waals surface area (Å²) in [5.41, 5.74) is -0.645. The molecular formula is C10H13BF3O2-. The highest BCUT2D eigenvalue weighted by Crippen LogP contribution is 2.14. The third-order valence-corrected chi connectivity index (χ3v) is 1.94. The van der Waals surface area contributed by atoms with Crippen LogP contribution in [0.2, 0.25) is 0 Å². The van der Waals surface area contributed by atoms with Crippen LogP contribution in [0.15, 0.2) is 24.3 Å². The van der Waals surface area contributed by atoms with Gasteiger partial charge in [-0.2, -0.15) is 0 Å². The van der Waals surface area contributed by atoms with Crippen molar-refractivity contribution in [1.29, 1.82) is 0 Å². The van der Waals surface area contributed by atoms with Gasteiger partial charge in [0.05, 0.1) is 6.61 Å². The highest BCUT2D eigenvalue weighted by Gasteiger charge is 2.25. The van der Waals surface area contributed by atoms with E-state index in [1.807, 2.05) is 6.92 Å². The molecule has 0 spiro atoms. The molecule has 0 aliphatic rings. The minimum atomic E-state index is -4.96. The number of hydrogen-bond donors (Lipinski definition) is 0. The Kier molecular flexibility index (Phi) is 4.67. The second-order valence-corrected chi connectivity index (χ2v) is 3.19. The summed E-state index contributed by atoms with van der Waals surface area (Å²) >= 11 is 0. The van der Waals surface area contributed by atoms with Crippen LogP contribution in [0.1, 0.15) is 6.92 Å². The zero-order chi connectivity index (χ0) is 12.0. The summed E-state index contributed by atoms with van der Waals surface area (Å²) in [6.07, 6.45) is 0. The molecule has 1 aromatic rings. The van der Waals surface area contributed by atoms with Crippen molar-refractivity contribution in [2.75, 3.05) is 19.8 Å². The molecule has 1 rings (SSSR count). The number of ether oxygens (including phenoxy) is 2. The summed E-state index contributed by atoms with van der Waals surface area (Å²) in [5.74, 6) is 0.219. The summed E-state index contributed by atoms with van der Waals surface area (Å²) in [7, 11) is 0. The lowest BCUT2D eigenvalue weighted by Crippen LogP contribution is -2.33. The van der Waals surface area contributed by atoms with E-state index in [1.165, 1.54) is 12.1 Å². The van der Waals surface area contributed by atoms with Gasteiger partial charge in [-0.15, -0.1) is 5.46 Å². The van der Waals surface area contributed by atoms with Gasteiger partial charge in [-0.05, 0) is 19.1 Å². The molecule has 0 aromatic heterocycles. The van der Waals surface area contributed by atoms with Gasteiger partial charge >= 0.3 is 6.98 Å². The largest absolute Gasteiger partial charge is 0.509 e. The monoisotopic (exact) mass is 233 g/mol. The van der Waals surface area contributed by atoms with Gasteiger partial charge in [-0.3, -0.25) is 0 Å². The molecule has 6 heteroatoms. The molecule has 0 atom stereocenters. The second kappa shape index (κ2) is 5.79. The zero-order valence-electron chi connectivity index (χ0n) is 8.96. The molecule has 0 heterocycles. The fourth-order valence-electron chi connectivity index (χ4n) is 1.17. The summed E-state index contributed by atoms with van der Waals surface area (Å²) in [4.78, 5) is 0. The first-order chi connectivity index (χ1) is 7.54. The van der Waals surface area contributed by atoms with Gasteiger partial charge in [-0.1, -0.05) is 12.1 Å². The summed E-state index contributed by atoms with van der Waals surface area (Å²) in [6, 6.07) is 4.87. The Balaban J connectivity index is 2.54. The van der Waals surface area contributed by atoms with Gasteiger partial charge in [0, 0.05) is 6.61 Å². The van der Waals surface area contributed by atoms with E-state index in [-0.39, 0.29) is 12.4 Å². The second-order valence-electron chi connectivity index (χ2n) is 3.19. The molecule has 16 heavy (non-hydrogen) atoms. The van der Waals surface area contributed by atoms with Crippen molar-refractivity contribution < 1.29 is 22.4 Å². The lowest BCUT2D eigenvalue weighted by atomic mass is 9.80. The van der Waals surface area contributed by atoms with E-state index >= 15 is 0 Å². The highest BCUT2D eigenvalue weighted by molar-refractivity contribution is 6.73. The molecule has 0 saturated heterocycles. The van der Waals surface area contributed by atoms with Crippen molar-refractivity contribution >= 4 is 12.4 Å². The van der Waals surface area contributed by atoms with Crippen molar-refractivity contribution in [3.8, 4) is 5.75 Å². The van der Waals surface area contributed by atoms with E-state index in [0.717, 1.165) is 12.1 Å². The molecule has 1 aromatic carbocycles. The number of halogens is 3. The zero-order valence-corrected chi connectivity index (χ0v) is 8.96. The van der Waals surface area contributed by atoms with E-state index < -0.39 is 12.4 Å². The van der Waals surface area contributed by atoms with Crippen LogP contribution in [-0.2, 0) is 4.74 Å². The average molecular weight is 233 g/mol. The highest BCUT2D eigenvalue weighted by atomic mass is 19.4. The predicted molar refractivity (Wildman–Crippen MR) is 57.1 cm³/mol. The van der Waals surface area contributed by atoms with E-state index in [0.29, 0.717) is 13.2 Å². The van der Waals surface area contributed by atoms with Crippen LogP contribution in [-0.4, -0.2) is 26.8 Å². The van der Waals surface area contributed by atoms with Crippen LogP contribution in [0.5, 0.6) is 5.75 Å². The van der Waals surface area contributed by atoms with Crippen LogP contribution in [0.3, 0.4) is 0 Å². The standard InChI is InChI=1S/C10H13BF3O2/c1-2-15-6-7-16-10-5-3-4-9(8-10)11(12,13)14/h3-5,8H,2,6-7H2,1H3/q-1. The minimum Gasteiger partial charge on any atom is -0.491 e. The van der Waals surface area contributed by atoms with E-state index in [1.54, 1.807) is 0 Å². The van der Waals surface area contributed by atoms with Gasteiger partial charge in [-0.25, -0.2) is 0 Å². The molecule has 0 N–H and O–H groups in total. The quantitative estimate of drug-likeness (QED) is 0.553. The van der Waals surface area contributed by atoms with Crippen molar-refractivity contribution in [3.63, 3.8) is 0 Å². The number of hydrogen-bond acceptors (Lipinski definition) is 2. The fraction of sp³-hybridized carbons (Fsp3) is 0.400. The first-order valence-corrected chi connectivity index (χ1v) is 5.04. The van der Waals surface area contributed by atoms with E-state index in [9.17, 15) is 12.9 Å². The molecule has 0 radical (unpaired) electrons. The van der Waals surface area contributed by atoms with Gasteiger partial charge < -0.3 is 22.4 Å². The Hall–Kier alpha value is -1.17. The fourth-order valence-corrected chi connectivity index (χ4v) is 1.17. The average Bonchev–Trinajstić information content (AvgIpc) is 2.24. The molecule has 0 fully saturated rings. The van der Waals surface area contributed by atoms with Crippen molar-refractivity contribution in [3.05, 3.63) is 24.3 Å². The minimum absolute atomic E-state index is 0.219. The maximum Gasteiger partial charge on any atom is 0.509 e. The first kappa shape index (κ1) is 12.9. The maximum absolute atomic E-state index is 12.4. The SMILES string of the molecule is CCOCCOc1cccc([B-](F)(F)F)c1. The molecule has 0 unspecified atom stereocenters. The summed E-state index contributed by atoms with van der Waals surface area (Å²) < 4.78 is 47.3. The Morgan fingerprint density at radius 1 is 1.19 bits per heavy atom. The van der Waals surface area contributed by atoms with Gasteiger partial charge in [0.15, 0.2) is 0 Å². The van der Waals surface area contributed by atoms with Crippen LogP contribution in [0.25, 0.3) is 0 Å². The Labute approximate surface area is 92.4 Å². The molecular weight excluding hydrogens is 220 g/mol. The normalized spacial score (nSPS) is 11.5. The van der Waals surface area contributed by atoms with Crippen molar-refractivity contribution in [2.45, 2.75) is 6.92 Å². The molecule has 0 saturated carbocycles. The first-order valence-electron chi connectivity index (χ1n) is 5.04. The summed E-state index contributed by atoms with van der Waals surface area (Å²) in [6.45, 7) is -1.93. The van der Waals surface area contributed by atoms with Gasteiger partial charge in [0.1, 0.15) is 12.4 Å². The third kappa shape index (κ3) is 4.14. The van der Waals surface area contributed by atoms with Crippen LogP contribution >= 0.6 is 0 Å². The molecule has 0 amide bonds. The predicted octanol–water partition coefficient (Wildman–Crippen LogP) is 2.16. The van der Waals surface area contributed by atoms with Crippen molar-refractivity contribution in [1.82, 2.24) is 0 Å². The van der Waals surface area contributed by atoms with Crippen LogP contribution in [0, 0.1) is 0 Å². The maximum atomic E-state index is 12.4. The smallest absolute Gasteiger partial charge is 0.491 e. The molecule has 2 nitrogen and oxygen atoms in total. The van der Waals surface area contributed by atoms with E-state index in [4.69, 9.17) is 9.47 Å². The Morgan fingerprint density at radius 2 is 1.94 bits per heavy atom. The third-order valence-electron chi connectivity index (χ3n) is 1.94. The lowest BCUT2D eigenvalue weighted by molar-refractivity contribution is 0.110. The van der Waals surface area contributed by atoms with Crippen molar-refractivity contribution in [2.24, 2.45) is 0 Å². The number of rotatable bonds is 6. The van der Waals surface area contributed by atoms with Gasteiger partial charge in [0.2, 0.25) is 0 Å². The lowest BCUT2D eigenvalue weighted by Gasteiger charge is -2.16. The van der Waals surface area contributed by atoms with Gasteiger partial charge in [0.25, 0.3) is 0 Å². The van der Waals surface area contributed by atoms with Crippen LogP contribution in [0.4, 0.5) is 12.9 Å². The summed E-state index contributed by atoms with van der Waals surface area (Å²) in [5, 5.41) is 0. The Bertz CT molecular complexity index is 328. The number of benzene rings is 1.